The van der Waals surface area contributed by atoms with Crippen LogP contribution in [-0.2, 0) is 20.8 Å². The summed E-state index contributed by atoms with van der Waals surface area (Å²) >= 11 is -1.87. The van der Waals surface area contributed by atoms with Crippen molar-refractivity contribution >= 4 is 23.0 Å². The second kappa shape index (κ2) is 12.3. The molecule has 45 heavy (non-hydrogen) atoms. The monoisotopic (exact) mass is 658 g/mol. The molecule has 5 rings (SSSR count). The zero-order valence-electron chi connectivity index (χ0n) is 25.4. The number of benzene rings is 1. The second-order valence-corrected chi connectivity index (χ2v) is 13.0. The van der Waals surface area contributed by atoms with Crippen molar-refractivity contribution in [3.05, 3.63) is 58.5 Å². The van der Waals surface area contributed by atoms with E-state index in [1.165, 1.54) is 37.0 Å². The summed E-state index contributed by atoms with van der Waals surface area (Å²) in [4.78, 5) is 18.6. The maximum atomic E-state index is 14.2. The van der Waals surface area contributed by atoms with Gasteiger partial charge in [-0.05, 0) is 46.6 Å². The van der Waals surface area contributed by atoms with Gasteiger partial charge in [0.05, 0.1) is 61.3 Å². The predicted octanol–water partition coefficient (Wildman–Crippen LogP) is 4.86. The molecule has 3 heterocycles. The minimum absolute atomic E-state index is 0.113. The molecule has 1 aromatic carbocycles. The summed E-state index contributed by atoms with van der Waals surface area (Å²) in [7, 11) is 1.37. The predicted molar refractivity (Wildman–Crippen MR) is 154 cm³/mol. The molecule has 10 nitrogen and oxygen atoms in total. The number of ether oxygens (including phenoxy) is 2. The number of hydrogen-bond donors (Lipinski definition) is 2. The van der Waals surface area contributed by atoms with E-state index in [9.17, 15) is 31.3 Å². The Balaban J connectivity index is 1.50. The number of nitrogens with one attached hydrogen (secondary N) is 2. The average Bonchev–Trinajstić information content (AvgIpc) is 3.61. The standard InChI is InChI=1S/C29H35F5N6O4S/c1-16-8-17(2)25(18(3)9-16)45(42)38-24(19(4)44-27(6-7-27)29(32,33)34)21-12-40-23(37-21)10-20(11-36-40)22(13-43-5)39-15-28(30,31)14-35-26(39)41/h8-12,19,22,24,38H,6-7,13-15H2,1-5H3,(H,35,41)/t19?,22-,24+,45?/m1/s1. The van der Waals surface area contributed by atoms with E-state index in [0.29, 0.717) is 10.5 Å². The number of fused-ring (bicyclic) bond motifs is 1. The van der Waals surface area contributed by atoms with Crippen molar-refractivity contribution in [3.63, 3.8) is 0 Å². The van der Waals surface area contributed by atoms with Gasteiger partial charge in [0.25, 0.3) is 5.92 Å². The van der Waals surface area contributed by atoms with E-state index in [2.05, 4.69) is 20.1 Å². The fourth-order valence-corrected chi connectivity index (χ4v) is 7.10. The Morgan fingerprint density at radius 3 is 2.44 bits per heavy atom. The van der Waals surface area contributed by atoms with Crippen LogP contribution in [-0.4, -0.2) is 80.7 Å². The Kier molecular flexibility index (Phi) is 9.09. The minimum atomic E-state index is -4.58. The lowest BCUT2D eigenvalue weighted by Crippen LogP contribution is -2.58. The van der Waals surface area contributed by atoms with Crippen molar-refractivity contribution in [2.24, 2.45) is 0 Å². The molecule has 0 bridgehead atoms. The molecule has 1 aliphatic heterocycles. The number of urea groups is 1. The molecule has 2 N–H and O–H groups in total. The van der Waals surface area contributed by atoms with Crippen molar-refractivity contribution in [1.29, 1.82) is 0 Å². The third kappa shape index (κ3) is 6.89. The van der Waals surface area contributed by atoms with Crippen LogP contribution >= 0.6 is 0 Å². The van der Waals surface area contributed by atoms with E-state index in [1.807, 2.05) is 19.1 Å². The quantitative estimate of drug-likeness (QED) is 0.224. The number of rotatable bonds is 11. The number of hydrogen-bond acceptors (Lipinski definition) is 7. The molecule has 1 saturated carbocycles. The number of imidazole rings is 1. The molecule has 4 atom stereocenters. The number of amides is 2. The smallest absolute Gasteiger partial charge is 0.417 e. The van der Waals surface area contributed by atoms with Gasteiger partial charge in [0.2, 0.25) is 0 Å². The summed E-state index contributed by atoms with van der Waals surface area (Å²) in [5, 5.41) is 6.52. The lowest BCUT2D eigenvalue weighted by molar-refractivity contribution is -0.249. The highest BCUT2D eigenvalue weighted by Gasteiger charge is 2.66. The number of aryl methyl sites for hydroxylation is 3. The molecular formula is C29H35F5N6O4S. The summed E-state index contributed by atoms with van der Waals surface area (Å²) in [6.45, 7) is 5.25. The van der Waals surface area contributed by atoms with Crippen LogP contribution in [0.15, 0.2) is 35.5 Å². The van der Waals surface area contributed by atoms with Gasteiger partial charge < -0.3 is 24.2 Å². The van der Waals surface area contributed by atoms with Gasteiger partial charge in [0.15, 0.2) is 16.1 Å². The van der Waals surface area contributed by atoms with E-state index in [1.54, 1.807) is 13.8 Å². The number of halogens is 5. The molecule has 2 aliphatic rings. The van der Waals surface area contributed by atoms with Crippen LogP contribution in [0.2, 0.25) is 0 Å². The zero-order chi connectivity index (χ0) is 32.9. The van der Waals surface area contributed by atoms with Gasteiger partial charge >= 0.3 is 12.2 Å². The highest BCUT2D eigenvalue weighted by Crippen LogP contribution is 2.53. The summed E-state index contributed by atoms with van der Waals surface area (Å²) < 4.78 is 98.8. The van der Waals surface area contributed by atoms with E-state index in [-0.39, 0.29) is 30.8 Å². The van der Waals surface area contributed by atoms with Crippen molar-refractivity contribution in [2.75, 3.05) is 26.8 Å². The van der Waals surface area contributed by atoms with Crippen LogP contribution in [0.1, 0.15) is 59.8 Å². The van der Waals surface area contributed by atoms with Gasteiger partial charge in [0.1, 0.15) is 6.04 Å². The molecule has 2 aromatic heterocycles. The highest BCUT2D eigenvalue weighted by atomic mass is 32.2. The molecule has 2 amide bonds. The van der Waals surface area contributed by atoms with Crippen LogP contribution in [0.5, 0.6) is 0 Å². The van der Waals surface area contributed by atoms with Crippen LogP contribution in [0.3, 0.4) is 0 Å². The molecule has 1 saturated heterocycles. The first-order valence-electron chi connectivity index (χ1n) is 14.3. The maximum Gasteiger partial charge on any atom is 0.417 e. The minimum Gasteiger partial charge on any atom is -0.593 e. The summed E-state index contributed by atoms with van der Waals surface area (Å²) in [6, 6.07) is 2.57. The Labute approximate surface area is 260 Å². The van der Waals surface area contributed by atoms with Crippen molar-refractivity contribution in [1.82, 2.24) is 29.5 Å². The first-order valence-corrected chi connectivity index (χ1v) is 15.5. The largest absolute Gasteiger partial charge is 0.593 e. The fraction of sp³-hybridized carbons (Fsp3) is 0.552. The molecule has 2 fully saturated rings. The SMILES string of the molecule is COC[C@H](c1cnn2cc([C@@H](N[S+]([O-])c3c(C)cc(C)cc3C)C(C)OC3(C(F)(F)F)CC3)nc2c1)N1CC(F)(F)CNC1=O. The van der Waals surface area contributed by atoms with Crippen molar-refractivity contribution in [2.45, 2.75) is 81.3 Å². The van der Waals surface area contributed by atoms with Gasteiger partial charge in [-0.25, -0.2) is 23.1 Å². The molecule has 3 aromatic rings. The number of alkyl halides is 5. The van der Waals surface area contributed by atoms with Crippen LogP contribution in [0, 0.1) is 20.8 Å². The zero-order valence-corrected chi connectivity index (χ0v) is 26.2. The number of carbonyl (C=O) groups excluding carboxylic acids is 1. The van der Waals surface area contributed by atoms with Gasteiger partial charge in [-0.3, -0.25) is 0 Å². The Morgan fingerprint density at radius 2 is 1.84 bits per heavy atom. The van der Waals surface area contributed by atoms with Gasteiger partial charge in [-0.1, -0.05) is 17.7 Å². The third-order valence-corrected chi connectivity index (χ3v) is 9.53. The molecule has 0 spiro atoms. The second-order valence-electron chi connectivity index (χ2n) is 11.8. The van der Waals surface area contributed by atoms with E-state index < -0.39 is 66.4 Å². The fourth-order valence-electron chi connectivity index (χ4n) is 5.74. The number of nitrogens with zero attached hydrogens (tertiary/aromatic N) is 4. The molecule has 16 heteroatoms. The lowest BCUT2D eigenvalue weighted by Gasteiger charge is -2.38. The lowest BCUT2D eigenvalue weighted by atomic mass is 10.1. The number of methoxy groups -OCH3 is 1. The molecular weight excluding hydrogens is 623 g/mol. The molecule has 2 unspecified atom stereocenters. The topological polar surface area (TPSA) is 116 Å². The Bertz CT molecular complexity index is 1540. The molecule has 0 radical (unpaired) electrons. The van der Waals surface area contributed by atoms with Gasteiger partial charge in [-0.2, -0.15) is 18.3 Å². The number of carbonyl (C=O) groups is 1. The van der Waals surface area contributed by atoms with E-state index >= 15 is 0 Å². The Morgan fingerprint density at radius 1 is 1.18 bits per heavy atom. The van der Waals surface area contributed by atoms with Gasteiger partial charge in [-0.15, -0.1) is 4.72 Å². The average molecular weight is 659 g/mol. The summed E-state index contributed by atoms with van der Waals surface area (Å²) in [5.74, 6) is -3.16. The maximum absolute atomic E-state index is 14.2. The van der Waals surface area contributed by atoms with E-state index in [0.717, 1.165) is 21.6 Å². The third-order valence-electron chi connectivity index (χ3n) is 8.05. The Hall–Kier alpha value is -3.05. The van der Waals surface area contributed by atoms with E-state index in [4.69, 9.17) is 9.47 Å². The summed E-state index contributed by atoms with van der Waals surface area (Å²) in [5.41, 5.74) is 0.947. The number of aromatic nitrogens is 3. The van der Waals surface area contributed by atoms with Crippen LogP contribution < -0.4 is 10.0 Å². The highest BCUT2D eigenvalue weighted by molar-refractivity contribution is 7.89. The van der Waals surface area contributed by atoms with Crippen LogP contribution in [0.4, 0.5) is 26.7 Å². The van der Waals surface area contributed by atoms with Gasteiger partial charge in [0, 0.05) is 23.8 Å². The summed E-state index contributed by atoms with van der Waals surface area (Å²) in [6.07, 6.45) is -3.24. The molecule has 1 aliphatic carbocycles. The molecule has 246 valence electrons. The van der Waals surface area contributed by atoms with Crippen molar-refractivity contribution < 1.29 is 40.8 Å². The first-order chi connectivity index (χ1) is 21.0. The van der Waals surface area contributed by atoms with Crippen LogP contribution in [0.25, 0.3) is 5.65 Å². The first kappa shape index (κ1) is 33.3. The normalized spacial score (nSPS) is 20.5. The van der Waals surface area contributed by atoms with Crippen molar-refractivity contribution in [3.8, 4) is 0 Å².